The minimum atomic E-state index is -0.432. The largest absolute Gasteiger partial charge is 0.316 e. The van der Waals surface area contributed by atoms with Crippen molar-refractivity contribution in [2.75, 3.05) is 19.6 Å². The third-order valence-corrected chi connectivity index (χ3v) is 6.89. The molecule has 1 saturated heterocycles. The number of hydrazine groups is 1. The van der Waals surface area contributed by atoms with E-state index in [4.69, 9.17) is 36.3 Å². The van der Waals surface area contributed by atoms with Crippen LogP contribution in [0.2, 0.25) is 10.0 Å². The Balaban J connectivity index is 1.80. The van der Waals surface area contributed by atoms with Crippen LogP contribution in [0.1, 0.15) is 41.0 Å². The second-order valence-corrected chi connectivity index (χ2v) is 9.68. The average Bonchev–Trinajstić information content (AvgIpc) is 3.47. The Kier molecular flexibility index (Phi) is 8.08. The van der Waals surface area contributed by atoms with Crippen LogP contribution < -0.4 is 5.43 Å². The Hall–Kier alpha value is -3.32. The summed E-state index contributed by atoms with van der Waals surface area (Å²) in [6.07, 6.45) is 3.63. The van der Waals surface area contributed by atoms with E-state index in [0.717, 1.165) is 42.1 Å². The predicted molar refractivity (Wildman–Crippen MR) is 139 cm³/mol. The molecule has 1 aliphatic heterocycles. The number of hydrogen-bond donors (Lipinski definition) is 1. The molecule has 10 heteroatoms. The SMILES string of the molecule is [C-]#[N+]CCC#Cc1ccc(-c2c([N+]#[C-])c(C(=O)NN3CCCCC3)nn2-c2ccc(Cl)cc2Cl)s1. The molecule has 176 valence electrons. The minimum absolute atomic E-state index is 0.0321. The lowest BCUT2D eigenvalue weighted by Crippen LogP contribution is -2.45. The molecule has 0 saturated carbocycles. The molecule has 0 unspecified atom stereocenters. The van der Waals surface area contributed by atoms with E-state index in [1.807, 2.05) is 17.1 Å². The maximum atomic E-state index is 13.2. The number of nitrogens with zero attached hydrogens (tertiary/aromatic N) is 5. The number of piperidine rings is 1. The van der Waals surface area contributed by atoms with Crippen LogP contribution in [0.5, 0.6) is 0 Å². The molecule has 1 amide bonds. The number of carbonyl (C=O) groups is 1. The number of thiophene rings is 1. The first-order valence-corrected chi connectivity index (χ1v) is 12.5. The number of benzene rings is 1. The molecule has 4 rings (SSSR count). The lowest BCUT2D eigenvalue weighted by Gasteiger charge is -2.26. The standard InChI is InChI=1S/C25H20Cl2N6OS/c1-28-13-5-4-8-18-10-12-21(35-18)24-22(29-2)23(25(34)31-32-14-6-3-7-15-32)30-33(24)20-11-9-17(26)16-19(20)27/h9-12,16H,3,5-7,13-15H2,(H,31,34). The molecule has 0 aliphatic carbocycles. The van der Waals surface area contributed by atoms with Crippen LogP contribution in [0, 0.1) is 25.0 Å². The number of rotatable bonds is 5. The summed E-state index contributed by atoms with van der Waals surface area (Å²) in [6.45, 7) is 16.6. The average molecular weight is 523 g/mol. The fraction of sp³-hybridized carbons (Fsp3) is 0.280. The van der Waals surface area contributed by atoms with Crippen LogP contribution in [0.3, 0.4) is 0 Å². The molecular formula is C25H20Cl2N6OS. The van der Waals surface area contributed by atoms with Crippen LogP contribution in [-0.4, -0.2) is 40.3 Å². The van der Waals surface area contributed by atoms with Gasteiger partial charge >= 0.3 is 0 Å². The summed E-state index contributed by atoms with van der Waals surface area (Å²) in [4.78, 5) is 21.7. The molecule has 35 heavy (non-hydrogen) atoms. The van der Waals surface area contributed by atoms with Crippen molar-refractivity contribution < 1.29 is 4.79 Å². The highest BCUT2D eigenvalue weighted by Gasteiger charge is 2.28. The summed E-state index contributed by atoms with van der Waals surface area (Å²) in [5.74, 6) is 5.61. The first-order chi connectivity index (χ1) is 17.0. The van der Waals surface area contributed by atoms with Crippen molar-refractivity contribution in [1.29, 1.82) is 0 Å². The first kappa shape index (κ1) is 24.8. The molecule has 7 nitrogen and oxygen atoms in total. The number of carbonyl (C=O) groups excluding carboxylic acids is 1. The monoisotopic (exact) mass is 522 g/mol. The first-order valence-electron chi connectivity index (χ1n) is 11.0. The zero-order valence-corrected chi connectivity index (χ0v) is 21.0. The molecule has 0 radical (unpaired) electrons. The fourth-order valence-corrected chi connectivity index (χ4v) is 5.11. The smallest absolute Gasteiger partial charge is 0.275 e. The highest BCUT2D eigenvalue weighted by atomic mass is 35.5. The Bertz CT molecular complexity index is 1400. The number of amides is 1. The van der Waals surface area contributed by atoms with E-state index in [9.17, 15) is 4.79 Å². The Morgan fingerprint density at radius 3 is 2.69 bits per heavy atom. The van der Waals surface area contributed by atoms with E-state index in [2.05, 4.69) is 32.1 Å². The van der Waals surface area contributed by atoms with Gasteiger partial charge in [0.1, 0.15) is 0 Å². The molecular weight excluding hydrogens is 503 g/mol. The van der Waals surface area contributed by atoms with Crippen molar-refractivity contribution in [3.05, 3.63) is 73.8 Å². The highest BCUT2D eigenvalue weighted by Crippen LogP contribution is 2.40. The van der Waals surface area contributed by atoms with E-state index in [-0.39, 0.29) is 11.4 Å². The fourth-order valence-electron chi connectivity index (χ4n) is 3.71. The Labute approximate surface area is 217 Å². The minimum Gasteiger partial charge on any atom is -0.316 e. The molecule has 0 atom stereocenters. The maximum Gasteiger partial charge on any atom is 0.275 e. The van der Waals surface area contributed by atoms with Gasteiger partial charge in [-0.2, -0.15) is 5.10 Å². The van der Waals surface area contributed by atoms with Gasteiger partial charge in [0.05, 0.1) is 34.3 Å². The van der Waals surface area contributed by atoms with E-state index in [1.165, 1.54) is 16.0 Å². The molecule has 1 aromatic carbocycles. The van der Waals surface area contributed by atoms with Crippen LogP contribution in [0.4, 0.5) is 5.69 Å². The van der Waals surface area contributed by atoms with Crippen molar-refractivity contribution >= 4 is 46.1 Å². The van der Waals surface area contributed by atoms with Crippen molar-refractivity contribution in [2.24, 2.45) is 0 Å². The second kappa shape index (κ2) is 11.4. The molecule has 0 bridgehead atoms. The van der Waals surface area contributed by atoms with E-state index in [0.29, 0.717) is 34.4 Å². The third kappa shape index (κ3) is 5.68. The lowest BCUT2D eigenvalue weighted by molar-refractivity contribution is 0.0745. The van der Waals surface area contributed by atoms with Gasteiger partial charge in [0.2, 0.25) is 12.2 Å². The maximum absolute atomic E-state index is 13.2. The third-order valence-electron chi connectivity index (χ3n) is 5.34. The summed E-state index contributed by atoms with van der Waals surface area (Å²) in [6, 6.07) is 8.69. The van der Waals surface area contributed by atoms with Crippen molar-refractivity contribution in [1.82, 2.24) is 20.2 Å². The number of nitrogens with one attached hydrogen (secondary N) is 1. The summed E-state index contributed by atoms with van der Waals surface area (Å²) in [5, 5.41) is 7.23. The van der Waals surface area contributed by atoms with Gasteiger partial charge in [-0.05, 0) is 43.2 Å². The van der Waals surface area contributed by atoms with Crippen LogP contribution in [0.15, 0.2) is 30.3 Å². The van der Waals surface area contributed by atoms with Gasteiger partial charge in [0, 0.05) is 23.0 Å². The van der Waals surface area contributed by atoms with Crippen molar-refractivity contribution in [3.63, 3.8) is 0 Å². The van der Waals surface area contributed by atoms with Crippen LogP contribution >= 0.6 is 34.5 Å². The quantitative estimate of drug-likeness (QED) is 0.244. The zero-order valence-electron chi connectivity index (χ0n) is 18.6. The normalized spacial score (nSPS) is 13.4. The predicted octanol–water partition coefficient (Wildman–Crippen LogP) is 6.25. The Morgan fingerprint density at radius 2 is 1.97 bits per heavy atom. The van der Waals surface area contributed by atoms with Crippen molar-refractivity contribution in [3.8, 4) is 28.1 Å². The summed E-state index contributed by atoms with van der Waals surface area (Å²) < 4.78 is 1.53. The van der Waals surface area contributed by atoms with Crippen LogP contribution in [-0.2, 0) is 0 Å². The molecule has 1 fully saturated rings. The van der Waals surface area contributed by atoms with Gasteiger partial charge in [-0.25, -0.2) is 21.1 Å². The topological polar surface area (TPSA) is 58.9 Å². The highest BCUT2D eigenvalue weighted by molar-refractivity contribution is 7.16. The second-order valence-electron chi connectivity index (χ2n) is 7.75. The molecule has 0 spiro atoms. The van der Waals surface area contributed by atoms with Gasteiger partial charge in [-0.1, -0.05) is 41.5 Å². The van der Waals surface area contributed by atoms with Gasteiger partial charge < -0.3 is 4.85 Å². The molecule has 3 aromatic rings. The van der Waals surface area contributed by atoms with Crippen molar-refractivity contribution in [2.45, 2.75) is 25.7 Å². The number of aromatic nitrogens is 2. The van der Waals surface area contributed by atoms with Gasteiger partial charge in [0.15, 0.2) is 5.69 Å². The Morgan fingerprint density at radius 1 is 1.17 bits per heavy atom. The van der Waals surface area contributed by atoms with Crippen LogP contribution in [0.25, 0.3) is 25.9 Å². The van der Waals surface area contributed by atoms with E-state index >= 15 is 0 Å². The van der Waals surface area contributed by atoms with Gasteiger partial charge in [-0.3, -0.25) is 10.2 Å². The molecule has 3 heterocycles. The summed E-state index contributed by atoms with van der Waals surface area (Å²) in [5.41, 5.74) is 4.04. The van der Waals surface area contributed by atoms with Gasteiger partial charge in [0.25, 0.3) is 5.91 Å². The molecule has 1 N–H and O–H groups in total. The van der Waals surface area contributed by atoms with E-state index < -0.39 is 5.91 Å². The summed E-state index contributed by atoms with van der Waals surface area (Å²) >= 11 is 14.0. The van der Waals surface area contributed by atoms with E-state index in [1.54, 1.807) is 18.2 Å². The number of halogens is 2. The molecule has 1 aliphatic rings. The van der Waals surface area contributed by atoms with Gasteiger partial charge in [-0.15, -0.1) is 11.3 Å². The zero-order chi connectivity index (χ0) is 24.8. The summed E-state index contributed by atoms with van der Waals surface area (Å²) in [7, 11) is 0. The lowest BCUT2D eigenvalue weighted by atomic mass is 10.2. The molecule has 2 aromatic heterocycles. The number of hydrogen-bond acceptors (Lipinski definition) is 4.